The molecule has 6 rings (SSSR count). The molecule has 0 spiro atoms. The fraction of sp³-hybridized carbons (Fsp3) is 0.417. The molecule has 176 valence electrons. The average Bonchev–Trinajstić information content (AvgIpc) is 3.45. The van der Waals surface area contributed by atoms with Gasteiger partial charge < -0.3 is 4.90 Å². The van der Waals surface area contributed by atoms with E-state index < -0.39 is 12.1 Å². The summed E-state index contributed by atoms with van der Waals surface area (Å²) >= 11 is 1.32. The van der Waals surface area contributed by atoms with Crippen LogP contribution in [0.5, 0.6) is 0 Å². The predicted molar refractivity (Wildman–Crippen MR) is 124 cm³/mol. The molecule has 34 heavy (non-hydrogen) atoms. The van der Waals surface area contributed by atoms with Gasteiger partial charge >= 0.3 is 6.18 Å². The third kappa shape index (κ3) is 3.83. The van der Waals surface area contributed by atoms with Crippen molar-refractivity contribution in [1.29, 1.82) is 0 Å². The van der Waals surface area contributed by atoms with Gasteiger partial charge in [-0.15, -0.1) is 11.3 Å². The number of halogens is 3. The molecule has 10 heteroatoms. The van der Waals surface area contributed by atoms with Crippen molar-refractivity contribution < 1.29 is 18.0 Å². The van der Waals surface area contributed by atoms with Crippen molar-refractivity contribution in [2.24, 2.45) is 13.0 Å². The molecule has 0 unspecified atom stereocenters. The number of carbonyl (C=O) groups is 1. The van der Waals surface area contributed by atoms with Gasteiger partial charge in [0.15, 0.2) is 5.65 Å². The van der Waals surface area contributed by atoms with Gasteiger partial charge in [-0.25, -0.2) is 9.97 Å². The molecule has 2 fully saturated rings. The van der Waals surface area contributed by atoms with Gasteiger partial charge in [0.2, 0.25) is 0 Å². The van der Waals surface area contributed by atoms with Crippen LogP contribution in [0, 0.1) is 5.92 Å². The molecule has 1 saturated carbocycles. The summed E-state index contributed by atoms with van der Waals surface area (Å²) in [5.41, 5.74) is 3.55. The first-order chi connectivity index (χ1) is 16.3. The number of pyridine rings is 2. The SMILES string of the molecule is Cn1cc2cc(-c3cc(C4CC4)c4cc(C(=O)N5CCC(C(F)(F)F)CC5)sc4n3)cnc2n1. The summed E-state index contributed by atoms with van der Waals surface area (Å²) in [4.78, 5) is 25.3. The molecule has 4 aromatic heterocycles. The largest absolute Gasteiger partial charge is 0.391 e. The minimum atomic E-state index is -4.19. The first-order valence-electron chi connectivity index (χ1n) is 11.4. The van der Waals surface area contributed by atoms with E-state index in [9.17, 15) is 18.0 Å². The van der Waals surface area contributed by atoms with Gasteiger partial charge in [0.1, 0.15) is 4.83 Å². The molecule has 6 nitrogen and oxygen atoms in total. The first kappa shape index (κ1) is 21.5. The average molecular weight is 486 g/mol. The fourth-order valence-electron chi connectivity index (χ4n) is 4.76. The molecule has 0 aromatic carbocycles. The second-order valence-corrected chi connectivity index (χ2v) is 10.3. The number of amides is 1. The second-order valence-electron chi connectivity index (χ2n) is 9.25. The monoisotopic (exact) mass is 485 g/mol. The standard InChI is InChI=1S/C24H22F3N5OS/c1-31-12-15-8-14(11-28-21(15)30-31)19-9-17(13-2-3-13)18-10-20(34-22(18)29-19)23(33)32-6-4-16(5-7-32)24(25,26)27/h8-13,16H,2-7H2,1H3. The highest BCUT2D eigenvalue weighted by Crippen LogP contribution is 2.46. The Bertz CT molecular complexity index is 1410. The Morgan fingerprint density at radius 1 is 1.12 bits per heavy atom. The summed E-state index contributed by atoms with van der Waals surface area (Å²) in [6.45, 7) is 0.254. The molecule has 2 aliphatic rings. The smallest absolute Gasteiger partial charge is 0.338 e. The highest BCUT2D eigenvalue weighted by atomic mass is 32.1. The van der Waals surface area contributed by atoms with E-state index >= 15 is 0 Å². The number of rotatable bonds is 3. The number of likely N-dealkylation sites (tertiary alicyclic amines) is 1. The van der Waals surface area contributed by atoms with Crippen LogP contribution >= 0.6 is 11.3 Å². The number of thiophene rings is 1. The quantitative estimate of drug-likeness (QED) is 0.382. The number of hydrogen-bond acceptors (Lipinski definition) is 5. The number of aromatic nitrogens is 4. The zero-order valence-corrected chi connectivity index (χ0v) is 19.3. The maximum absolute atomic E-state index is 13.1. The Balaban J connectivity index is 1.33. The Morgan fingerprint density at radius 2 is 1.88 bits per heavy atom. The van der Waals surface area contributed by atoms with Crippen LogP contribution < -0.4 is 0 Å². The maximum Gasteiger partial charge on any atom is 0.391 e. The molecule has 0 N–H and O–H groups in total. The van der Waals surface area contributed by atoms with Crippen LogP contribution in [0.15, 0.2) is 30.6 Å². The van der Waals surface area contributed by atoms with Crippen LogP contribution in [0.4, 0.5) is 13.2 Å². The van der Waals surface area contributed by atoms with Crippen LogP contribution in [0.2, 0.25) is 0 Å². The van der Waals surface area contributed by atoms with Gasteiger partial charge in [0.25, 0.3) is 5.91 Å². The Hall–Kier alpha value is -3.01. The molecule has 0 radical (unpaired) electrons. The summed E-state index contributed by atoms with van der Waals surface area (Å²) in [5.74, 6) is -1.08. The van der Waals surface area contributed by atoms with Crippen LogP contribution in [0.25, 0.3) is 32.5 Å². The summed E-state index contributed by atoms with van der Waals surface area (Å²) in [6.07, 6.45) is 1.60. The van der Waals surface area contributed by atoms with Crippen molar-refractivity contribution >= 4 is 38.5 Å². The minimum Gasteiger partial charge on any atom is -0.338 e. The summed E-state index contributed by atoms with van der Waals surface area (Å²) in [5, 5.41) is 6.22. The number of alkyl halides is 3. The molecule has 0 bridgehead atoms. The Labute approximate surface area is 197 Å². The third-order valence-electron chi connectivity index (χ3n) is 6.78. The van der Waals surface area contributed by atoms with Gasteiger partial charge in [-0.3, -0.25) is 9.48 Å². The van der Waals surface area contributed by atoms with Crippen molar-refractivity contribution in [2.75, 3.05) is 13.1 Å². The first-order valence-corrected chi connectivity index (χ1v) is 12.2. The normalized spacial score (nSPS) is 17.7. The minimum absolute atomic E-state index is 0.0420. The van der Waals surface area contributed by atoms with Gasteiger partial charge in [-0.05, 0) is 55.4 Å². The lowest BCUT2D eigenvalue weighted by molar-refractivity contribution is -0.183. The molecule has 1 aliphatic carbocycles. The lowest BCUT2D eigenvalue weighted by atomic mass is 9.96. The number of carbonyl (C=O) groups excluding carboxylic acids is 1. The van der Waals surface area contributed by atoms with E-state index in [1.165, 1.54) is 16.9 Å². The van der Waals surface area contributed by atoms with E-state index in [2.05, 4.69) is 16.1 Å². The zero-order chi connectivity index (χ0) is 23.6. The molecular weight excluding hydrogens is 463 g/mol. The van der Waals surface area contributed by atoms with Crippen molar-refractivity contribution in [3.63, 3.8) is 0 Å². The summed E-state index contributed by atoms with van der Waals surface area (Å²) in [6, 6.07) is 5.99. The fourth-order valence-corrected chi connectivity index (χ4v) is 5.79. The van der Waals surface area contributed by atoms with Crippen LogP contribution in [-0.4, -0.2) is 49.8 Å². The van der Waals surface area contributed by atoms with Crippen molar-refractivity contribution in [3.05, 3.63) is 41.0 Å². The molecule has 4 aromatic rings. The van der Waals surface area contributed by atoms with Crippen LogP contribution in [-0.2, 0) is 7.05 Å². The highest BCUT2D eigenvalue weighted by molar-refractivity contribution is 7.20. The Morgan fingerprint density at radius 3 is 2.59 bits per heavy atom. The van der Waals surface area contributed by atoms with Crippen molar-refractivity contribution in [2.45, 2.75) is 37.8 Å². The number of piperidine rings is 1. The molecule has 1 aliphatic heterocycles. The zero-order valence-electron chi connectivity index (χ0n) is 18.5. The van der Waals surface area contributed by atoms with E-state index in [0.29, 0.717) is 16.4 Å². The molecule has 1 amide bonds. The van der Waals surface area contributed by atoms with Crippen molar-refractivity contribution in [1.82, 2.24) is 24.6 Å². The molecule has 1 saturated heterocycles. The number of fused-ring (bicyclic) bond motifs is 2. The predicted octanol–water partition coefficient (Wildman–Crippen LogP) is 5.54. The van der Waals surface area contributed by atoms with Gasteiger partial charge in [-0.1, -0.05) is 0 Å². The summed E-state index contributed by atoms with van der Waals surface area (Å²) in [7, 11) is 1.85. The molecule has 5 heterocycles. The second kappa shape index (κ2) is 7.76. The lowest BCUT2D eigenvalue weighted by Gasteiger charge is -2.32. The van der Waals surface area contributed by atoms with Crippen LogP contribution in [0.3, 0.4) is 0 Å². The topological polar surface area (TPSA) is 63.9 Å². The third-order valence-corrected chi connectivity index (χ3v) is 7.80. The number of aryl methyl sites for hydroxylation is 1. The van der Waals surface area contributed by atoms with E-state index in [-0.39, 0.29) is 31.8 Å². The van der Waals surface area contributed by atoms with Crippen molar-refractivity contribution in [3.8, 4) is 11.3 Å². The lowest BCUT2D eigenvalue weighted by Crippen LogP contribution is -2.41. The van der Waals surface area contributed by atoms with E-state index in [0.717, 1.165) is 39.7 Å². The number of hydrogen-bond donors (Lipinski definition) is 0. The maximum atomic E-state index is 13.1. The van der Waals surface area contributed by atoms with Gasteiger partial charge in [0.05, 0.1) is 16.5 Å². The van der Waals surface area contributed by atoms with Gasteiger partial charge in [-0.2, -0.15) is 18.3 Å². The van der Waals surface area contributed by atoms with E-state index in [1.54, 1.807) is 15.8 Å². The molecular formula is C24H22F3N5OS. The van der Waals surface area contributed by atoms with Crippen LogP contribution in [0.1, 0.15) is 46.8 Å². The van der Waals surface area contributed by atoms with E-state index in [4.69, 9.17) is 4.98 Å². The summed E-state index contributed by atoms with van der Waals surface area (Å²) < 4.78 is 40.7. The van der Waals surface area contributed by atoms with E-state index in [1.807, 2.05) is 25.4 Å². The Kier molecular flexibility index (Phi) is 4.91. The van der Waals surface area contributed by atoms with Gasteiger partial charge in [0, 0.05) is 48.9 Å². The highest BCUT2D eigenvalue weighted by Gasteiger charge is 2.42. The number of nitrogens with zero attached hydrogens (tertiary/aromatic N) is 5. The molecule has 0 atom stereocenters.